The summed E-state index contributed by atoms with van der Waals surface area (Å²) in [5, 5.41) is 14.2. The van der Waals surface area contributed by atoms with Gasteiger partial charge < -0.3 is 15.7 Å². The Labute approximate surface area is 173 Å². The van der Waals surface area contributed by atoms with E-state index in [9.17, 15) is 14.4 Å². The van der Waals surface area contributed by atoms with Gasteiger partial charge in [0, 0.05) is 38.5 Å². The molecule has 0 bridgehead atoms. The predicted molar refractivity (Wildman–Crippen MR) is 116 cm³/mol. The Kier molecular flexibility index (Phi) is 9.65. The minimum atomic E-state index is -0.838. The molecule has 151 valence electrons. The molecule has 6 nitrogen and oxygen atoms in total. The number of carbonyl (C=O) groups excluding carboxylic acids is 2. The summed E-state index contributed by atoms with van der Waals surface area (Å²) in [5.74, 6) is -1.02. The van der Waals surface area contributed by atoms with Crippen LogP contribution in [0.2, 0.25) is 0 Å². The average molecular weight is 393 g/mol. The molecule has 2 aromatic carbocycles. The number of carboxylic acid groups (broad SMARTS) is 1. The summed E-state index contributed by atoms with van der Waals surface area (Å²) in [6.45, 7) is 3.76. The highest BCUT2D eigenvalue weighted by atomic mass is 16.4. The van der Waals surface area contributed by atoms with Gasteiger partial charge in [0.05, 0.1) is 0 Å². The van der Waals surface area contributed by atoms with Crippen LogP contribution in [-0.4, -0.2) is 31.3 Å². The first-order valence-electron chi connectivity index (χ1n) is 9.35. The number of hydrogen-bond donors (Lipinski definition) is 3. The molecule has 0 spiro atoms. The lowest BCUT2D eigenvalue weighted by Crippen LogP contribution is -2.20. The van der Waals surface area contributed by atoms with E-state index in [-0.39, 0.29) is 32.6 Å². The molecule has 0 aliphatic rings. The van der Waals surface area contributed by atoms with E-state index in [1.54, 1.807) is 12.1 Å². The Bertz CT molecular complexity index is 837. The Hall–Kier alpha value is -3.09. The van der Waals surface area contributed by atoms with E-state index in [0.29, 0.717) is 24.9 Å². The van der Waals surface area contributed by atoms with E-state index in [4.69, 9.17) is 5.11 Å². The van der Waals surface area contributed by atoms with Crippen molar-refractivity contribution < 1.29 is 19.5 Å². The van der Waals surface area contributed by atoms with E-state index < -0.39 is 5.97 Å². The molecule has 2 rings (SSSR count). The first kappa shape index (κ1) is 24.0. The number of anilines is 2. The lowest BCUT2D eigenvalue weighted by atomic mass is 9.93. The standard InChI is InChI=1S/C22H26N2O4.B/c1-15-7-3-4-8-19(15)24-22(28)23-18-13-11-17(12-14-18)16(2)20(25)9-5-6-10-21(26)27;/h3-4,7-8,11-14,16H,5-6,9-10H2,1-2H3,(H,26,27)(H2,23,24,28);. The minimum absolute atomic E-state index is 0. The molecule has 0 saturated carbocycles. The molecule has 29 heavy (non-hydrogen) atoms. The fraction of sp³-hybridized carbons (Fsp3) is 0.318. The number of carbonyl (C=O) groups is 3. The molecule has 3 radical (unpaired) electrons. The normalized spacial score (nSPS) is 11.1. The summed E-state index contributed by atoms with van der Waals surface area (Å²) in [6, 6.07) is 14.4. The second-order valence-corrected chi connectivity index (χ2v) is 6.80. The maximum Gasteiger partial charge on any atom is 0.323 e. The van der Waals surface area contributed by atoms with Crippen molar-refractivity contribution in [3.63, 3.8) is 0 Å². The zero-order valence-corrected chi connectivity index (χ0v) is 16.8. The number of benzene rings is 2. The van der Waals surface area contributed by atoms with Crippen LogP contribution in [0, 0.1) is 6.92 Å². The van der Waals surface area contributed by atoms with Gasteiger partial charge in [-0.15, -0.1) is 0 Å². The van der Waals surface area contributed by atoms with E-state index in [2.05, 4.69) is 10.6 Å². The van der Waals surface area contributed by atoms with Gasteiger partial charge in [0.2, 0.25) is 0 Å². The summed E-state index contributed by atoms with van der Waals surface area (Å²) in [7, 11) is 0. The first-order valence-corrected chi connectivity index (χ1v) is 9.35. The molecule has 1 unspecified atom stereocenters. The molecule has 0 aliphatic carbocycles. The van der Waals surface area contributed by atoms with Gasteiger partial charge >= 0.3 is 12.0 Å². The van der Waals surface area contributed by atoms with E-state index in [0.717, 1.165) is 16.8 Å². The van der Waals surface area contributed by atoms with Gasteiger partial charge in [0.15, 0.2) is 0 Å². The Balaban J connectivity index is 0.00000420. The molecule has 2 aromatic rings. The number of carboxylic acids is 1. The van der Waals surface area contributed by atoms with Gasteiger partial charge in [0.25, 0.3) is 0 Å². The number of hydrogen-bond acceptors (Lipinski definition) is 3. The topological polar surface area (TPSA) is 95.5 Å². The number of amides is 2. The number of nitrogens with one attached hydrogen (secondary N) is 2. The van der Waals surface area contributed by atoms with E-state index in [1.807, 2.05) is 50.2 Å². The molecule has 0 aromatic heterocycles. The monoisotopic (exact) mass is 393 g/mol. The number of aliphatic carboxylic acids is 1. The Morgan fingerprint density at radius 3 is 2.17 bits per heavy atom. The number of rotatable bonds is 9. The van der Waals surface area contributed by atoms with Gasteiger partial charge in [-0.25, -0.2) is 4.79 Å². The van der Waals surface area contributed by atoms with Crippen molar-refractivity contribution in [1.29, 1.82) is 0 Å². The van der Waals surface area contributed by atoms with Crippen LogP contribution in [0.15, 0.2) is 48.5 Å². The maximum absolute atomic E-state index is 12.3. The molecule has 0 saturated heterocycles. The largest absolute Gasteiger partial charge is 0.481 e. The smallest absolute Gasteiger partial charge is 0.323 e. The zero-order valence-electron chi connectivity index (χ0n) is 16.8. The van der Waals surface area contributed by atoms with Gasteiger partial charge in [0.1, 0.15) is 5.78 Å². The lowest BCUT2D eigenvalue weighted by Gasteiger charge is -2.13. The number of urea groups is 1. The predicted octanol–water partition coefficient (Wildman–Crippen LogP) is 4.58. The molecule has 0 fully saturated rings. The van der Waals surface area contributed by atoms with Crippen LogP contribution in [0.4, 0.5) is 16.2 Å². The number of Topliss-reactive ketones (excluding diaryl/α,β-unsaturated/α-hetero) is 1. The minimum Gasteiger partial charge on any atom is -0.481 e. The van der Waals surface area contributed by atoms with Gasteiger partial charge in [-0.05, 0) is 49.1 Å². The van der Waals surface area contributed by atoms with Crippen LogP contribution in [-0.2, 0) is 9.59 Å². The van der Waals surface area contributed by atoms with Crippen molar-refractivity contribution in [3.8, 4) is 0 Å². The third kappa shape index (κ3) is 7.82. The van der Waals surface area contributed by atoms with Crippen LogP contribution < -0.4 is 10.6 Å². The Morgan fingerprint density at radius 2 is 1.55 bits per heavy atom. The van der Waals surface area contributed by atoms with Crippen molar-refractivity contribution in [2.24, 2.45) is 0 Å². The quantitative estimate of drug-likeness (QED) is 0.429. The molecule has 7 heteroatoms. The molecule has 3 N–H and O–H groups in total. The third-order valence-corrected chi connectivity index (χ3v) is 4.61. The van der Waals surface area contributed by atoms with Crippen LogP contribution in [0.25, 0.3) is 0 Å². The van der Waals surface area contributed by atoms with Crippen molar-refractivity contribution in [2.75, 3.05) is 10.6 Å². The molecular weight excluding hydrogens is 367 g/mol. The van der Waals surface area contributed by atoms with Crippen molar-refractivity contribution >= 4 is 37.6 Å². The second kappa shape index (κ2) is 11.7. The van der Waals surface area contributed by atoms with Gasteiger partial charge in [-0.1, -0.05) is 37.3 Å². The maximum atomic E-state index is 12.3. The van der Waals surface area contributed by atoms with Crippen molar-refractivity contribution in [2.45, 2.75) is 45.4 Å². The zero-order chi connectivity index (χ0) is 20.5. The van der Waals surface area contributed by atoms with Crippen LogP contribution in [0.5, 0.6) is 0 Å². The highest BCUT2D eigenvalue weighted by Crippen LogP contribution is 2.21. The number of aryl methyl sites for hydroxylation is 1. The molecular formula is C22H26BN2O4. The summed E-state index contributed by atoms with van der Waals surface area (Å²) in [5.41, 5.74) is 3.23. The molecule has 1 atom stereocenters. The van der Waals surface area contributed by atoms with Crippen molar-refractivity contribution in [1.82, 2.24) is 0 Å². The summed E-state index contributed by atoms with van der Waals surface area (Å²) in [6.07, 6.45) is 1.54. The SMILES string of the molecule is Cc1ccccc1NC(=O)Nc1ccc(C(C)C(=O)CCCCC(=O)O)cc1.[B]. The molecule has 2 amide bonds. The fourth-order valence-electron chi connectivity index (χ4n) is 2.83. The highest BCUT2D eigenvalue weighted by Gasteiger charge is 2.15. The van der Waals surface area contributed by atoms with Crippen LogP contribution in [0.1, 0.15) is 49.7 Å². The first-order chi connectivity index (χ1) is 13.4. The number of unbranched alkanes of at least 4 members (excludes halogenated alkanes) is 1. The average Bonchev–Trinajstić information content (AvgIpc) is 2.66. The third-order valence-electron chi connectivity index (χ3n) is 4.61. The fourth-order valence-corrected chi connectivity index (χ4v) is 2.83. The Morgan fingerprint density at radius 1 is 0.931 bits per heavy atom. The van der Waals surface area contributed by atoms with E-state index in [1.165, 1.54) is 0 Å². The number of ketones is 1. The molecule has 0 heterocycles. The lowest BCUT2D eigenvalue weighted by molar-refractivity contribution is -0.137. The van der Waals surface area contributed by atoms with Crippen molar-refractivity contribution in [3.05, 3.63) is 59.7 Å². The summed E-state index contributed by atoms with van der Waals surface area (Å²) >= 11 is 0. The summed E-state index contributed by atoms with van der Waals surface area (Å²) in [4.78, 5) is 34.9. The summed E-state index contributed by atoms with van der Waals surface area (Å²) < 4.78 is 0. The van der Waals surface area contributed by atoms with Crippen LogP contribution >= 0.6 is 0 Å². The number of para-hydroxylation sites is 1. The van der Waals surface area contributed by atoms with Crippen LogP contribution in [0.3, 0.4) is 0 Å². The second-order valence-electron chi connectivity index (χ2n) is 6.80. The van der Waals surface area contributed by atoms with Gasteiger partial charge in [-0.3, -0.25) is 9.59 Å². The van der Waals surface area contributed by atoms with Gasteiger partial charge in [-0.2, -0.15) is 0 Å². The molecule has 0 aliphatic heterocycles. The highest BCUT2D eigenvalue weighted by molar-refractivity contribution is 6.00. The van der Waals surface area contributed by atoms with E-state index >= 15 is 0 Å².